The lowest BCUT2D eigenvalue weighted by molar-refractivity contribution is 0.0443. The summed E-state index contributed by atoms with van der Waals surface area (Å²) < 4.78 is 10.3. The summed E-state index contributed by atoms with van der Waals surface area (Å²) in [6.45, 7) is 0.446. The Morgan fingerprint density at radius 2 is 2.00 bits per heavy atom. The molecule has 0 aliphatic heterocycles. The lowest BCUT2D eigenvalue weighted by atomic mass is 10.3. The first kappa shape index (κ1) is 12.4. The van der Waals surface area contributed by atoms with Gasteiger partial charge in [0, 0.05) is 11.2 Å². The van der Waals surface area contributed by atoms with E-state index in [1.165, 1.54) is 6.20 Å². The first-order valence-corrected chi connectivity index (χ1v) is 5.68. The summed E-state index contributed by atoms with van der Waals surface area (Å²) in [5.41, 5.74) is 0.321. The largest absolute Gasteiger partial charge is 0.490 e. The summed E-state index contributed by atoms with van der Waals surface area (Å²) in [5.74, 6) is 0.226. The van der Waals surface area contributed by atoms with E-state index >= 15 is 0 Å². The van der Waals surface area contributed by atoms with Crippen LogP contribution in [0.3, 0.4) is 0 Å². The van der Waals surface area contributed by atoms with Crippen molar-refractivity contribution in [2.45, 2.75) is 0 Å². The lowest BCUT2D eigenvalue weighted by Crippen LogP contribution is -2.12. The van der Waals surface area contributed by atoms with Crippen LogP contribution in [0.4, 0.5) is 0 Å². The minimum atomic E-state index is -0.452. The molecule has 0 saturated carbocycles. The van der Waals surface area contributed by atoms with Crippen molar-refractivity contribution in [1.82, 2.24) is 10.2 Å². The summed E-state index contributed by atoms with van der Waals surface area (Å²) in [6.07, 6.45) is 1.49. The Hall–Kier alpha value is -2.01. The maximum atomic E-state index is 11.4. The summed E-state index contributed by atoms with van der Waals surface area (Å²) in [7, 11) is 0. The van der Waals surface area contributed by atoms with E-state index in [1.54, 1.807) is 30.3 Å². The summed E-state index contributed by atoms with van der Waals surface area (Å²) in [6, 6.07) is 8.50. The number of benzene rings is 1. The molecule has 1 aromatic heterocycles. The minimum Gasteiger partial charge on any atom is -0.490 e. The number of hydrogen-bond acceptors (Lipinski definition) is 4. The van der Waals surface area contributed by atoms with Crippen molar-refractivity contribution >= 4 is 17.6 Å². The third-order valence-electron chi connectivity index (χ3n) is 2.12. The van der Waals surface area contributed by atoms with E-state index in [9.17, 15) is 4.79 Å². The van der Waals surface area contributed by atoms with Crippen LogP contribution in [0.15, 0.2) is 36.5 Å². The number of aromatic amines is 1. The topological polar surface area (TPSA) is 64.2 Å². The zero-order valence-corrected chi connectivity index (χ0v) is 10.2. The number of hydrogen-bond donors (Lipinski definition) is 1. The summed E-state index contributed by atoms with van der Waals surface area (Å²) >= 11 is 5.74. The number of halogens is 1. The van der Waals surface area contributed by atoms with Crippen LogP contribution in [0.25, 0.3) is 0 Å². The number of aromatic nitrogens is 2. The molecule has 2 rings (SSSR count). The third kappa shape index (κ3) is 3.49. The predicted octanol–water partition coefficient (Wildman–Crippen LogP) is 2.30. The van der Waals surface area contributed by atoms with E-state index in [2.05, 4.69) is 10.2 Å². The van der Waals surface area contributed by atoms with E-state index < -0.39 is 5.97 Å². The van der Waals surface area contributed by atoms with Crippen molar-refractivity contribution in [2.24, 2.45) is 0 Å². The normalized spacial score (nSPS) is 10.1. The molecule has 0 fully saturated rings. The van der Waals surface area contributed by atoms with Crippen molar-refractivity contribution in [1.29, 1.82) is 0 Å². The first-order valence-electron chi connectivity index (χ1n) is 5.30. The van der Waals surface area contributed by atoms with Gasteiger partial charge in [0.25, 0.3) is 0 Å². The maximum Gasteiger partial charge on any atom is 0.356 e. The highest BCUT2D eigenvalue weighted by Gasteiger charge is 2.07. The molecule has 0 aliphatic carbocycles. The van der Waals surface area contributed by atoms with Gasteiger partial charge in [0.15, 0.2) is 0 Å². The molecular formula is C12H11ClN2O3. The van der Waals surface area contributed by atoms with E-state index in [0.29, 0.717) is 16.5 Å². The number of nitrogens with zero attached hydrogens (tertiary/aromatic N) is 1. The van der Waals surface area contributed by atoms with E-state index in [4.69, 9.17) is 21.1 Å². The van der Waals surface area contributed by atoms with Gasteiger partial charge < -0.3 is 9.47 Å². The van der Waals surface area contributed by atoms with Gasteiger partial charge in [0.2, 0.25) is 0 Å². The highest BCUT2D eigenvalue weighted by Crippen LogP contribution is 2.15. The van der Waals surface area contributed by atoms with Crippen molar-refractivity contribution < 1.29 is 14.3 Å². The van der Waals surface area contributed by atoms with E-state index in [1.807, 2.05) is 0 Å². The summed E-state index contributed by atoms with van der Waals surface area (Å²) in [4.78, 5) is 11.4. The number of ether oxygens (including phenoxy) is 2. The molecule has 1 aromatic carbocycles. The number of H-pyrrole nitrogens is 1. The predicted molar refractivity (Wildman–Crippen MR) is 65.8 cm³/mol. The lowest BCUT2D eigenvalue weighted by Gasteiger charge is -2.06. The quantitative estimate of drug-likeness (QED) is 0.666. The Balaban J connectivity index is 1.70. The number of carbonyl (C=O) groups is 1. The fraction of sp³-hybridized carbons (Fsp3) is 0.167. The SMILES string of the molecule is O=C(OCCOc1ccc(Cl)cc1)c1ccn[nH]1. The Labute approximate surface area is 109 Å². The van der Waals surface area contributed by atoms with Gasteiger partial charge in [0.1, 0.15) is 24.7 Å². The number of nitrogens with one attached hydrogen (secondary N) is 1. The van der Waals surface area contributed by atoms with Crippen molar-refractivity contribution in [3.63, 3.8) is 0 Å². The second-order valence-electron chi connectivity index (χ2n) is 3.41. The Bertz CT molecular complexity index is 497. The Morgan fingerprint density at radius 1 is 1.22 bits per heavy atom. The molecule has 18 heavy (non-hydrogen) atoms. The number of esters is 1. The smallest absolute Gasteiger partial charge is 0.356 e. The molecule has 0 spiro atoms. The third-order valence-corrected chi connectivity index (χ3v) is 2.37. The van der Waals surface area contributed by atoms with Crippen LogP contribution in [-0.2, 0) is 4.74 Å². The zero-order valence-electron chi connectivity index (χ0n) is 9.43. The molecule has 0 saturated heterocycles. The Morgan fingerprint density at radius 3 is 2.67 bits per heavy atom. The second-order valence-corrected chi connectivity index (χ2v) is 3.85. The van der Waals surface area contributed by atoms with E-state index in [0.717, 1.165) is 0 Å². The van der Waals surface area contributed by atoms with Crippen molar-refractivity contribution in [2.75, 3.05) is 13.2 Å². The van der Waals surface area contributed by atoms with Gasteiger partial charge in [-0.3, -0.25) is 5.10 Å². The fourth-order valence-electron chi connectivity index (χ4n) is 1.27. The average molecular weight is 267 g/mol. The van der Waals surface area contributed by atoms with Crippen LogP contribution in [0.2, 0.25) is 5.02 Å². The number of carbonyl (C=O) groups excluding carboxylic acids is 1. The highest BCUT2D eigenvalue weighted by molar-refractivity contribution is 6.30. The molecule has 0 atom stereocenters. The minimum absolute atomic E-state index is 0.167. The first-order chi connectivity index (χ1) is 8.75. The molecule has 0 amide bonds. The fourth-order valence-corrected chi connectivity index (χ4v) is 1.40. The molecule has 1 heterocycles. The van der Waals surface area contributed by atoms with Gasteiger partial charge in [-0.2, -0.15) is 5.10 Å². The van der Waals surface area contributed by atoms with Gasteiger partial charge >= 0.3 is 5.97 Å². The second kappa shape index (κ2) is 6.07. The maximum absolute atomic E-state index is 11.4. The van der Waals surface area contributed by atoms with Gasteiger partial charge in [-0.1, -0.05) is 11.6 Å². The molecule has 1 N–H and O–H groups in total. The highest BCUT2D eigenvalue weighted by atomic mass is 35.5. The van der Waals surface area contributed by atoms with Crippen LogP contribution >= 0.6 is 11.6 Å². The van der Waals surface area contributed by atoms with Crippen molar-refractivity contribution in [3.05, 3.63) is 47.2 Å². The van der Waals surface area contributed by atoms with Gasteiger partial charge in [0.05, 0.1) is 0 Å². The van der Waals surface area contributed by atoms with Crippen molar-refractivity contribution in [3.8, 4) is 5.75 Å². The van der Waals surface area contributed by atoms with Crippen LogP contribution in [0.1, 0.15) is 10.5 Å². The summed E-state index contributed by atoms with van der Waals surface area (Å²) in [5, 5.41) is 6.83. The molecule has 2 aromatic rings. The molecular weight excluding hydrogens is 256 g/mol. The Kier molecular flexibility index (Phi) is 4.20. The standard InChI is InChI=1S/C12H11ClN2O3/c13-9-1-3-10(4-2-9)17-7-8-18-12(16)11-5-6-14-15-11/h1-6H,7-8H2,(H,14,15). The molecule has 5 nitrogen and oxygen atoms in total. The zero-order chi connectivity index (χ0) is 12.8. The molecule has 6 heteroatoms. The van der Waals surface area contributed by atoms with Crippen LogP contribution in [-0.4, -0.2) is 29.4 Å². The van der Waals surface area contributed by atoms with Gasteiger partial charge in [-0.15, -0.1) is 0 Å². The molecule has 0 bridgehead atoms. The van der Waals surface area contributed by atoms with Gasteiger partial charge in [-0.25, -0.2) is 4.79 Å². The number of rotatable bonds is 5. The van der Waals surface area contributed by atoms with Crippen LogP contribution < -0.4 is 4.74 Å². The molecule has 0 aliphatic rings. The molecule has 0 radical (unpaired) electrons. The van der Waals surface area contributed by atoms with Crippen LogP contribution in [0.5, 0.6) is 5.75 Å². The molecule has 94 valence electrons. The van der Waals surface area contributed by atoms with Gasteiger partial charge in [-0.05, 0) is 30.3 Å². The monoisotopic (exact) mass is 266 g/mol. The van der Waals surface area contributed by atoms with E-state index in [-0.39, 0.29) is 13.2 Å². The molecule has 0 unspecified atom stereocenters. The average Bonchev–Trinajstić information content (AvgIpc) is 2.90. The van der Waals surface area contributed by atoms with Crippen LogP contribution in [0, 0.1) is 0 Å².